The molecule has 3 N–H and O–H groups in total. The van der Waals surface area contributed by atoms with Crippen LogP contribution in [0.25, 0.3) is 0 Å². The average Bonchev–Trinajstić information content (AvgIpc) is 2.82. The van der Waals surface area contributed by atoms with Crippen molar-refractivity contribution < 1.29 is 5.11 Å². The number of rotatable bonds is 3. The fourth-order valence-corrected chi connectivity index (χ4v) is 3.76. The molecule has 1 aromatic heterocycles. The van der Waals surface area contributed by atoms with Crippen molar-refractivity contribution in [3.8, 4) is 0 Å². The molecule has 0 aromatic carbocycles. The van der Waals surface area contributed by atoms with Crippen LogP contribution in [0.2, 0.25) is 0 Å². The van der Waals surface area contributed by atoms with Crippen molar-refractivity contribution in [1.29, 1.82) is 0 Å². The number of aliphatic hydroxyl groups is 1. The number of nitrogens with two attached hydrogens (primary N) is 1. The van der Waals surface area contributed by atoms with Crippen molar-refractivity contribution in [3.63, 3.8) is 0 Å². The zero-order chi connectivity index (χ0) is 11.8. The van der Waals surface area contributed by atoms with E-state index in [1.54, 1.807) is 11.3 Å². The standard InChI is InChI=1S/C13H21NOS/c1-12(2)5-6-13(9-14,11(12)15)8-10-4-3-7-16-10/h3-4,7,11,15H,5-6,8-9,14H2,1-2H3. The molecule has 2 unspecified atom stereocenters. The highest BCUT2D eigenvalue weighted by Crippen LogP contribution is 2.50. The fourth-order valence-electron chi connectivity index (χ4n) is 2.90. The van der Waals surface area contributed by atoms with E-state index in [1.807, 2.05) is 0 Å². The maximum Gasteiger partial charge on any atom is 0.0662 e. The van der Waals surface area contributed by atoms with Gasteiger partial charge in [0.1, 0.15) is 0 Å². The summed E-state index contributed by atoms with van der Waals surface area (Å²) in [4.78, 5) is 1.34. The van der Waals surface area contributed by atoms with Crippen molar-refractivity contribution >= 4 is 11.3 Å². The Hall–Kier alpha value is -0.380. The van der Waals surface area contributed by atoms with E-state index in [0.29, 0.717) is 6.54 Å². The van der Waals surface area contributed by atoms with Crippen LogP contribution in [0.5, 0.6) is 0 Å². The highest BCUT2D eigenvalue weighted by atomic mass is 32.1. The van der Waals surface area contributed by atoms with Gasteiger partial charge < -0.3 is 10.8 Å². The lowest BCUT2D eigenvalue weighted by Crippen LogP contribution is -2.44. The topological polar surface area (TPSA) is 46.2 Å². The molecule has 16 heavy (non-hydrogen) atoms. The van der Waals surface area contributed by atoms with Crippen LogP contribution in [0, 0.1) is 10.8 Å². The lowest BCUT2D eigenvalue weighted by atomic mass is 9.75. The molecule has 1 aliphatic carbocycles. The van der Waals surface area contributed by atoms with Gasteiger partial charge in [0.25, 0.3) is 0 Å². The Morgan fingerprint density at radius 1 is 1.50 bits per heavy atom. The van der Waals surface area contributed by atoms with Crippen molar-refractivity contribution in [1.82, 2.24) is 0 Å². The van der Waals surface area contributed by atoms with Gasteiger partial charge in [0.15, 0.2) is 0 Å². The van der Waals surface area contributed by atoms with E-state index >= 15 is 0 Å². The molecule has 0 radical (unpaired) electrons. The molecule has 2 atom stereocenters. The summed E-state index contributed by atoms with van der Waals surface area (Å²) in [5.74, 6) is 0. The molecular weight excluding hydrogens is 218 g/mol. The van der Waals surface area contributed by atoms with Crippen LogP contribution in [-0.4, -0.2) is 17.8 Å². The Bertz CT molecular complexity index is 347. The molecule has 1 saturated carbocycles. The summed E-state index contributed by atoms with van der Waals surface area (Å²) in [5.41, 5.74) is 5.85. The molecule has 1 heterocycles. The predicted molar refractivity (Wildman–Crippen MR) is 68.5 cm³/mol. The molecule has 1 fully saturated rings. The van der Waals surface area contributed by atoms with E-state index in [4.69, 9.17) is 5.73 Å². The van der Waals surface area contributed by atoms with E-state index in [0.717, 1.165) is 19.3 Å². The molecule has 90 valence electrons. The summed E-state index contributed by atoms with van der Waals surface area (Å²) >= 11 is 1.76. The van der Waals surface area contributed by atoms with Crippen LogP contribution in [0.3, 0.4) is 0 Å². The number of hydrogen-bond acceptors (Lipinski definition) is 3. The molecular formula is C13H21NOS. The van der Waals surface area contributed by atoms with Gasteiger partial charge in [0.05, 0.1) is 6.10 Å². The Kier molecular flexibility index (Phi) is 3.12. The van der Waals surface area contributed by atoms with E-state index in [9.17, 15) is 5.11 Å². The van der Waals surface area contributed by atoms with E-state index in [1.165, 1.54) is 4.88 Å². The van der Waals surface area contributed by atoms with Gasteiger partial charge in [-0.25, -0.2) is 0 Å². The van der Waals surface area contributed by atoms with Gasteiger partial charge in [-0.2, -0.15) is 0 Å². The van der Waals surface area contributed by atoms with Crippen LogP contribution in [-0.2, 0) is 6.42 Å². The number of hydrogen-bond donors (Lipinski definition) is 2. The normalized spacial score (nSPS) is 33.1. The van der Waals surface area contributed by atoms with Crippen molar-refractivity contribution in [2.75, 3.05) is 6.54 Å². The van der Waals surface area contributed by atoms with E-state index in [2.05, 4.69) is 31.4 Å². The molecule has 0 saturated heterocycles. The zero-order valence-corrected chi connectivity index (χ0v) is 10.9. The van der Waals surface area contributed by atoms with Crippen LogP contribution in [0.4, 0.5) is 0 Å². The Balaban J connectivity index is 2.21. The van der Waals surface area contributed by atoms with Crippen LogP contribution < -0.4 is 5.73 Å². The van der Waals surface area contributed by atoms with Gasteiger partial charge in [-0.1, -0.05) is 19.9 Å². The molecule has 1 aromatic rings. The third-order valence-electron chi connectivity index (χ3n) is 4.10. The van der Waals surface area contributed by atoms with Crippen molar-refractivity contribution in [3.05, 3.63) is 22.4 Å². The first-order valence-electron chi connectivity index (χ1n) is 5.91. The maximum atomic E-state index is 10.5. The maximum absolute atomic E-state index is 10.5. The number of thiophene rings is 1. The Labute approximate surface area is 101 Å². The Morgan fingerprint density at radius 3 is 2.69 bits per heavy atom. The summed E-state index contributed by atoms with van der Waals surface area (Å²) in [5, 5.41) is 12.6. The average molecular weight is 239 g/mol. The van der Waals surface area contributed by atoms with Crippen LogP contribution in [0.1, 0.15) is 31.6 Å². The van der Waals surface area contributed by atoms with Gasteiger partial charge >= 0.3 is 0 Å². The van der Waals surface area contributed by atoms with Crippen molar-refractivity contribution in [2.24, 2.45) is 16.6 Å². The van der Waals surface area contributed by atoms with Gasteiger partial charge in [0, 0.05) is 16.8 Å². The summed E-state index contributed by atoms with van der Waals surface area (Å²) in [7, 11) is 0. The summed E-state index contributed by atoms with van der Waals surface area (Å²) in [6.07, 6.45) is 2.74. The molecule has 0 amide bonds. The van der Waals surface area contributed by atoms with E-state index in [-0.39, 0.29) is 16.9 Å². The molecule has 3 heteroatoms. The second kappa shape index (κ2) is 4.13. The number of aliphatic hydroxyl groups excluding tert-OH is 1. The first kappa shape index (κ1) is 12.1. The highest BCUT2D eigenvalue weighted by Gasteiger charge is 2.50. The minimum Gasteiger partial charge on any atom is -0.392 e. The van der Waals surface area contributed by atoms with Crippen LogP contribution in [0.15, 0.2) is 17.5 Å². The monoisotopic (exact) mass is 239 g/mol. The van der Waals surface area contributed by atoms with Gasteiger partial charge in [-0.15, -0.1) is 11.3 Å². The third kappa shape index (κ3) is 1.92. The second-order valence-corrected chi connectivity index (χ2v) is 6.75. The third-order valence-corrected chi connectivity index (χ3v) is 4.98. The molecule has 0 spiro atoms. The van der Waals surface area contributed by atoms with Crippen molar-refractivity contribution in [2.45, 2.75) is 39.2 Å². The minimum absolute atomic E-state index is 0.0105. The summed E-state index contributed by atoms with van der Waals surface area (Å²) in [6.45, 7) is 4.86. The zero-order valence-electron chi connectivity index (χ0n) is 10.1. The molecule has 0 bridgehead atoms. The van der Waals surface area contributed by atoms with Gasteiger partial charge in [-0.05, 0) is 36.1 Å². The lowest BCUT2D eigenvalue weighted by Gasteiger charge is -2.35. The largest absolute Gasteiger partial charge is 0.392 e. The highest BCUT2D eigenvalue weighted by molar-refractivity contribution is 7.09. The second-order valence-electron chi connectivity index (χ2n) is 5.71. The lowest BCUT2D eigenvalue weighted by molar-refractivity contribution is -0.00426. The Morgan fingerprint density at radius 2 is 2.25 bits per heavy atom. The smallest absolute Gasteiger partial charge is 0.0662 e. The fraction of sp³-hybridized carbons (Fsp3) is 0.692. The van der Waals surface area contributed by atoms with Gasteiger partial charge in [-0.3, -0.25) is 0 Å². The quantitative estimate of drug-likeness (QED) is 0.851. The first-order chi connectivity index (χ1) is 7.50. The van der Waals surface area contributed by atoms with E-state index < -0.39 is 0 Å². The predicted octanol–water partition coefficient (Wildman–Crippen LogP) is 2.42. The molecule has 2 rings (SSSR count). The molecule has 2 nitrogen and oxygen atoms in total. The van der Waals surface area contributed by atoms with Gasteiger partial charge in [0.2, 0.25) is 0 Å². The van der Waals surface area contributed by atoms with Crippen LogP contribution >= 0.6 is 11.3 Å². The summed E-state index contributed by atoms with van der Waals surface area (Å²) < 4.78 is 0. The SMILES string of the molecule is CC1(C)CCC(CN)(Cc2cccs2)C1O. The molecule has 1 aliphatic rings. The minimum atomic E-state index is -0.285. The summed E-state index contributed by atoms with van der Waals surface area (Å²) in [6, 6.07) is 4.21. The molecule has 0 aliphatic heterocycles. The first-order valence-corrected chi connectivity index (χ1v) is 6.79.